The highest BCUT2D eigenvalue weighted by molar-refractivity contribution is 5.81. The van der Waals surface area contributed by atoms with Crippen molar-refractivity contribution in [3.63, 3.8) is 0 Å². The Labute approximate surface area is 187 Å². The minimum atomic E-state index is -0.620. The van der Waals surface area contributed by atoms with Crippen LogP contribution in [0.1, 0.15) is 11.1 Å². The third kappa shape index (κ3) is 4.03. The van der Waals surface area contributed by atoms with Gasteiger partial charge in [0.1, 0.15) is 6.61 Å². The van der Waals surface area contributed by atoms with Gasteiger partial charge >= 0.3 is 5.69 Å². The van der Waals surface area contributed by atoms with Gasteiger partial charge in [-0.2, -0.15) is 5.10 Å². The summed E-state index contributed by atoms with van der Waals surface area (Å²) in [6, 6.07) is 17.6. The molecule has 0 radical (unpaired) electrons. The molecule has 0 amide bonds. The molecular formula is C24H19N3O6. The van der Waals surface area contributed by atoms with Crippen molar-refractivity contribution in [3.05, 3.63) is 92.6 Å². The molecule has 0 spiro atoms. The first-order chi connectivity index (χ1) is 16.1. The predicted octanol–water partition coefficient (Wildman–Crippen LogP) is 2.89. The molecule has 0 unspecified atom stereocenters. The van der Waals surface area contributed by atoms with E-state index in [9.17, 15) is 9.59 Å². The molecule has 0 saturated heterocycles. The van der Waals surface area contributed by atoms with Crippen LogP contribution in [0, 0.1) is 0 Å². The number of H-pyrrole nitrogens is 1. The lowest BCUT2D eigenvalue weighted by atomic mass is 10.2. The van der Waals surface area contributed by atoms with Gasteiger partial charge in [-0.05, 0) is 53.6 Å². The van der Waals surface area contributed by atoms with Gasteiger partial charge in [-0.1, -0.05) is 18.2 Å². The van der Waals surface area contributed by atoms with E-state index in [2.05, 4.69) is 10.1 Å². The van der Waals surface area contributed by atoms with Crippen LogP contribution < -0.4 is 30.2 Å². The fraction of sp³-hybridized carbons (Fsp3) is 0.125. The molecule has 0 bridgehead atoms. The highest BCUT2D eigenvalue weighted by Crippen LogP contribution is 2.33. The molecule has 0 atom stereocenters. The Morgan fingerprint density at radius 2 is 1.88 bits per heavy atom. The Balaban J connectivity index is 1.36. The average molecular weight is 445 g/mol. The van der Waals surface area contributed by atoms with Gasteiger partial charge in [-0.15, -0.1) is 4.68 Å². The summed E-state index contributed by atoms with van der Waals surface area (Å²) in [5.74, 6) is 2.42. The molecule has 9 nitrogen and oxygen atoms in total. The molecule has 0 aliphatic carbocycles. The summed E-state index contributed by atoms with van der Waals surface area (Å²) in [5.41, 5.74) is 0.889. The van der Waals surface area contributed by atoms with Gasteiger partial charge in [0.25, 0.3) is 5.56 Å². The van der Waals surface area contributed by atoms with Crippen LogP contribution in [0.5, 0.6) is 23.0 Å². The zero-order valence-electron chi connectivity index (χ0n) is 17.6. The van der Waals surface area contributed by atoms with Crippen molar-refractivity contribution in [2.45, 2.75) is 6.61 Å². The number of nitrogens with zero attached hydrogens (tertiary/aromatic N) is 2. The van der Waals surface area contributed by atoms with Crippen molar-refractivity contribution < 1.29 is 18.9 Å². The van der Waals surface area contributed by atoms with E-state index in [-0.39, 0.29) is 6.79 Å². The maximum absolute atomic E-state index is 12.6. The molecule has 1 aliphatic heterocycles. The van der Waals surface area contributed by atoms with Gasteiger partial charge in [0.15, 0.2) is 23.0 Å². The van der Waals surface area contributed by atoms with Gasteiger partial charge < -0.3 is 23.9 Å². The number of fused-ring (bicyclic) bond motifs is 2. The molecule has 1 aromatic heterocycles. The first-order valence-corrected chi connectivity index (χ1v) is 10.1. The van der Waals surface area contributed by atoms with Crippen LogP contribution in [0.15, 0.2) is 75.4 Å². The lowest BCUT2D eigenvalue weighted by Gasteiger charge is -2.11. The molecule has 3 aromatic carbocycles. The van der Waals surface area contributed by atoms with Crippen molar-refractivity contribution in [1.82, 2.24) is 9.66 Å². The number of aromatic amines is 1. The van der Waals surface area contributed by atoms with Gasteiger partial charge in [-0.3, -0.25) is 4.79 Å². The van der Waals surface area contributed by atoms with Crippen LogP contribution in [0.2, 0.25) is 0 Å². The molecule has 0 saturated carbocycles. The van der Waals surface area contributed by atoms with Gasteiger partial charge in [0.05, 0.1) is 24.2 Å². The number of nitrogens with one attached hydrogen (secondary N) is 1. The minimum Gasteiger partial charge on any atom is -0.493 e. The summed E-state index contributed by atoms with van der Waals surface area (Å²) in [7, 11) is 1.53. The second-order valence-corrected chi connectivity index (χ2v) is 7.22. The molecule has 9 heteroatoms. The fourth-order valence-electron chi connectivity index (χ4n) is 3.46. The number of hydrogen-bond acceptors (Lipinski definition) is 7. The second kappa shape index (κ2) is 8.54. The van der Waals surface area contributed by atoms with E-state index in [0.717, 1.165) is 10.2 Å². The van der Waals surface area contributed by atoms with E-state index < -0.39 is 11.2 Å². The number of para-hydroxylation sites is 1. The standard InChI is InChI=1S/C24H19N3O6/c1-30-21-10-15(12-25-27-23(28)17-4-2-3-5-18(17)26-24(27)29)6-8-19(21)31-13-16-7-9-20-22(11-16)33-14-32-20/h2-12H,13-14H2,1H3,(H,26,29). The Morgan fingerprint density at radius 1 is 1.03 bits per heavy atom. The lowest BCUT2D eigenvalue weighted by Crippen LogP contribution is -2.32. The van der Waals surface area contributed by atoms with Crippen molar-refractivity contribution in [2.75, 3.05) is 13.9 Å². The molecule has 0 fully saturated rings. The van der Waals surface area contributed by atoms with Crippen LogP contribution in [0.25, 0.3) is 10.9 Å². The largest absolute Gasteiger partial charge is 0.493 e. The summed E-state index contributed by atoms with van der Waals surface area (Å²) in [6.07, 6.45) is 1.41. The summed E-state index contributed by atoms with van der Waals surface area (Å²) >= 11 is 0. The van der Waals surface area contributed by atoms with Crippen molar-refractivity contribution >= 4 is 17.1 Å². The maximum atomic E-state index is 12.6. The number of ether oxygens (including phenoxy) is 4. The average Bonchev–Trinajstić information content (AvgIpc) is 3.31. The van der Waals surface area contributed by atoms with E-state index >= 15 is 0 Å². The molecule has 5 rings (SSSR count). The third-order valence-electron chi connectivity index (χ3n) is 5.13. The zero-order valence-corrected chi connectivity index (χ0v) is 17.6. The van der Waals surface area contributed by atoms with Crippen LogP contribution >= 0.6 is 0 Å². The predicted molar refractivity (Wildman–Crippen MR) is 122 cm³/mol. The van der Waals surface area contributed by atoms with Gasteiger partial charge in [0, 0.05) is 0 Å². The summed E-state index contributed by atoms with van der Waals surface area (Å²) in [5, 5.41) is 4.45. The Hall–Kier alpha value is -4.53. The topological polar surface area (TPSA) is 104 Å². The maximum Gasteiger partial charge on any atom is 0.349 e. The molecule has 166 valence electrons. The number of benzene rings is 3. The summed E-state index contributed by atoms with van der Waals surface area (Å²) in [6.45, 7) is 0.524. The molecule has 1 N–H and O–H groups in total. The third-order valence-corrected chi connectivity index (χ3v) is 5.13. The number of hydrogen-bond donors (Lipinski definition) is 1. The molecule has 2 heterocycles. The van der Waals surface area contributed by atoms with E-state index in [1.807, 2.05) is 18.2 Å². The van der Waals surface area contributed by atoms with E-state index in [4.69, 9.17) is 18.9 Å². The molecule has 1 aliphatic rings. The summed E-state index contributed by atoms with van der Waals surface area (Å²) in [4.78, 5) is 27.5. The van der Waals surface area contributed by atoms with Crippen molar-refractivity contribution in [2.24, 2.45) is 5.10 Å². The van der Waals surface area contributed by atoms with Gasteiger partial charge in [-0.25, -0.2) is 4.79 Å². The van der Waals surface area contributed by atoms with Crippen LogP contribution in [-0.4, -0.2) is 29.8 Å². The van der Waals surface area contributed by atoms with Crippen LogP contribution in [0.3, 0.4) is 0 Å². The SMILES string of the molecule is COc1cc(C=Nn2c(=O)[nH]c3ccccc3c2=O)ccc1OCc1ccc2c(c1)OCO2. The quantitative estimate of drug-likeness (QED) is 0.458. The summed E-state index contributed by atoms with van der Waals surface area (Å²) < 4.78 is 22.8. The zero-order chi connectivity index (χ0) is 22.8. The Morgan fingerprint density at radius 3 is 2.76 bits per heavy atom. The van der Waals surface area contributed by atoms with Gasteiger partial charge in [0.2, 0.25) is 6.79 Å². The molecular weight excluding hydrogens is 426 g/mol. The first-order valence-electron chi connectivity index (χ1n) is 10.1. The van der Waals surface area contributed by atoms with E-state index in [0.29, 0.717) is 46.1 Å². The fourth-order valence-corrected chi connectivity index (χ4v) is 3.46. The normalized spacial score (nSPS) is 12.4. The Kier molecular flexibility index (Phi) is 5.27. The monoisotopic (exact) mass is 445 g/mol. The number of rotatable bonds is 6. The number of methoxy groups -OCH3 is 1. The van der Waals surface area contributed by atoms with E-state index in [1.54, 1.807) is 42.5 Å². The smallest absolute Gasteiger partial charge is 0.349 e. The molecule has 33 heavy (non-hydrogen) atoms. The minimum absolute atomic E-state index is 0.216. The molecule has 4 aromatic rings. The highest BCUT2D eigenvalue weighted by atomic mass is 16.7. The van der Waals surface area contributed by atoms with E-state index in [1.165, 1.54) is 13.3 Å². The van der Waals surface area contributed by atoms with Crippen molar-refractivity contribution in [3.8, 4) is 23.0 Å². The van der Waals surface area contributed by atoms with Crippen LogP contribution in [-0.2, 0) is 6.61 Å². The lowest BCUT2D eigenvalue weighted by molar-refractivity contribution is 0.174. The number of aromatic nitrogens is 2. The van der Waals surface area contributed by atoms with Crippen LogP contribution in [0.4, 0.5) is 0 Å². The highest BCUT2D eigenvalue weighted by Gasteiger charge is 2.14. The second-order valence-electron chi connectivity index (χ2n) is 7.22. The Bertz CT molecular complexity index is 1490. The first kappa shape index (κ1) is 20.4. The van der Waals surface area contributed by atoms with Crippen molar-refractivity contribution in [1.29, 1.82) is 0 Å².